The second kappa shape index (κ2) is 7.58. The van der Waals surface area contributed by atoms with Crippen molar-refractivity contribution in [2.45, 2.75) is 30.6 Å². The van der Waals surface area contributed by atoms with Crippen molar-refractivity contribution in [3.05, 3.63) is 29.8 Å². The number of aliphatic hydroxyl groups is 1. The molecule has 0 spiro atoms. The van der Waals surface area contributed by atoms with Crippen molar-refractivity contribution in [2.24, 2.45) is 5.92 Å². The molecule has 1 aliphatic heterocycles. The summed E-state index contributed by atoms with van der Waals surface area (Å²) in [5, 5.41) is 9.12. The first-order chi connectivity index (χ1) is 10.1. The van der Waals surface area contributed by atoms with Crippen molar-refractivity contribution in [2.75, 3.05) is 25.6 Å². The predicted molar refractivity (Wildman–Crippen MR) is 84.1 cm³/mol. The molecule has 1 N–H and O–H groups in total. The highest BCUT2D eigenvalue weighted by Gasteiger charge is 2.28. The van der Waals surface area contributed by atoms with Gasteiger partial charge >= 0.3 is 0 Å². The van der Waals surface area contributed by atoms with Gasteiger partial charge in [0.05, 0.1) is 4.90 Å². The molecule has 1 aromatic carbocycles. The van der Waals surface area contributed by atoms with E-state index in [-0.39, 0.29) is 12.5 Å². The van der Waals surface area contributed by atoms with Crippen LogP contribution in [0.25, 0.3) is 0 Å². The van der Waals surface area contributed by atoms with Gasteiger partial charge in [-0.15, -0.1) is 11.6 Å². The molecule has 1 heterocycles. The Morgan fingerprint density at radius 1 is 1.19 bits per heavy atom. The Labute approximate surface area is 131 Å². The highest BCUT2D eigenvalue weighted by atomic mass is 35.5. The Morgan fingerprint density at radius 2 is 1.81 bits per heavy atom. The summed E-state index contributed by atoms with van der Waals surface area (Å²) in [5.41, 5.74) is 1.11. The van der Waals surface area contributed by atoms with Crippen LogP contribution < -0.4 is 0 Å². The van der Waals surface area contributed by atoms with E-state index in [1.807, 2.05) is 12.1 Å². The minimum atomic E-state index is -3.41. The number of benzene rings is 1. The second-order valence-electron chi connectivity index (χ2n) is 5.47. The van der Waals surface area contributed by atoms with Crippen LogP contribution in [-0.2, 0) is 16.4 Å². The van der Waals surface area contributed by atoms with Crippen LogP contribution in [0.15, 0.2) is 29.2 Å². The third kappa shape index (κ3) is 4.19. The number of rotatable bonds is 6. The van der Waals surface area contributed by atoms with E-state index in [0.29, 0.717) is 23.9 Å². The fourth-order valence-corrected chi connectivity index (χ4v) is 4.18. The normalized spacial score (nSPS) is 18.0. The molecule has 118 valence electrons. The zero-order valence-corrected chi connectivity index (χ0v) is 13.6. The molecule has 2 rings (SSSR count). The number of alkyl halides is 1. The number of hydrogen-bond donors (Lipinski definition) is 1. The Hall–Kier alpha value is -0.620. The Bertz CT molecular complexity index is 537. The van der Waals surface area contributed by atoms with Crippen LogP contribution in [0, 0.1) is 5.92 Å². The Kier molecular flexibility index (Phi) is 6.05. The molecule has 0 bridgehead atoms. The fraction of sp³-hybridized carbons (Fsp3) is 0.600. The van der Waals surface area contributed by atoms with E-state index in [9.17, 15) is 8.42 Å². The van der Waals surface area contributed by atoms with E-state index in [1.165, 1.54) is 4.31 Å². The van der Waals surface area contributed by atoms with E-state index in [4.69, 9.17) is 16.7 Å². The maximum absolute atomic E-state index is 12.5. The van der Waals surface area contributed by atoms with Crippen LogP contribution in [0.3, 0.4) is 0 Å². The van der Waals surface area contributed by atoms with E-state index >= 15 is 0 Å². The number of halogens is 1. The number of nitrogens with zero attached hydrogens (tertiary/aromatic N) is 1. The predicted octanol–water partition coefficient (Wildman–Crippen LogP) is 2.25. The van der Waals surface area contributed by atoms with Gasteiger partial charge in [0.25, 0.3) is 0 Å². The van der Waals surface area contributed by atoms with Crippen molar-refractivity contribution in [3.63, 3.8) is 0 Å². The molecular weight excluding hydrogens is 310 g/mol. The molecule has 1 aliphatic rings. The summed E-state index contributed by atoms with van der Waals surface area (Å²) in [4.78, 5) is 0.347. The van der Waals surface area contributed by atoms with Crippen molar-refractivity contribution in [3.8, 4) is 0 Å². The molecular formula is C15H22ClNO3S. The van der Waals surface area contributed by atoms with Gasteiger partial charge in [-0.2, -0.15) is 4.31 Å². The number of aliphatic hydroxyl groups excluding tert-OH is 1. The first kappa shape index (κ1) is 16.7. The van der Waals surface area contributed by atoms with Crippen LogP contribution >= 0.6 is 11.6 Å². The van der Waals surface area contributed by atoms with Crippen LogP contribution in [0.4, 0.5) is 0 Å². The third-order valence-electron chi connectivity index (χ3n) is 3.99. The van der Waals surface area contributed by atoms with Crippen LogP contribution in [0.5, 0.6) is 0 Å². The monoisotopic (exact) mass is 331 g/mol. The van der Waals surface area contributed by atoms with Gasteiger partial charge in [0.1, 0.15) is 0 Å². The van der Waals surface area contributed by atoms with Crippen LogP contribution in [-0.4, -0.2) is 43.4 Å². The topological polar surface area (TPSA) is 57.6 Å². The molecule has 1 fully saturated rings. The highest BCUT2D eigenvalue weighted by molar-refractivity contribution is 7.89. The second-order valence-corrected chi connectivity index (χ2v) is 7.78. The summed E-state index contributed by atoms with van der Waals surface area (Å²) in [6.45, 7) is 1.12. The smallest absolute Gasteiger partial charge is 0.243 e. The molecule has 0 saturated carbocycles. The zero-order chi connectivity index (χ0) is 15.3. The van der Waals surface area contributed by atoms with Gasteiger partial charge in [0, 0.05) is 25.6 Å². The lowest BCUT2D eigenvalue weighted by Gasteiger charge is -2.30. The summed E-state index contributed by atoms with van der Waals surface area (Å²) in [6, 6.07) is 7.08. The van der Waals surface area contributed by atoms with Crippen molar-refractivity contribution < 1.29 is 13.5 Å². The van der Waals surface area contributed by atoms with Gasteiger partial charge < -0.3 is 5.11 Å². The first-order valence-corrected chi connectivity index (χ1v) is 9.31. The van der Waals surface area contributed by atoms with Crippen molar-refractivity contribution in [1.29, 1.82) is 0 Å². The lowest BCUT2D eigenvalue weighted by Crippen LogP contribution is -2.39. The average molecular weight is 332 g/mol. The number of aryl methyl sites for hydroxylation is 1. The zero-order valence-electron chi connectivity index (χ0n) is 12.0. The minimum Gasteiger partial charge on any atom is -0.396 e. The van der Waals surface area contributed by atoms with E-state index < -0.39 is 10.0 Å². The molecule has 0 unspecified atom stereocenters. The van der Waals surface area contributed by atoms with Crippen LogP contribution in [0.2, 0.25) is 0 Å². The molecule has 4 nitrogen and oxygen atoms in total. The lowest BCUT2D eigenvalue weighted by atomic mass is 10.00. The van der Waals surface area contributed by atoms with Crippen LogP contribution in [0.1, 0.15) is 24.8 Å². The van der Waals surface area contributed by atoms with Gasteiger partial charge in [-0.3, -0.25) is 0 Å². The molecule has 0 aromatic heterocycles. The third-order valence-corrected chi connectivity index (χ3v) is 6.17. The molecule has 1 saturated heterocycles. The quantitative estimate of drug-likeness (QED) is 0.813. The first-order valence-electron chi connectivity index (χ1n) is 7.34. The van der Waals surface area contributed by atoms with Gasteiger partial charge in [0.2, 0.25) is 10.0 Å². The van der Waals surface area contributed by atoms with Crippen molar-refractivity contribution >= 4 is 21.6 Å². The van der Waals surface area contributed by atoms with Gasteiger partial charge in [-0.1, -0.05) is 12.1 Å². The van der Waals surface area contributed by atoms with E-state index in [2.05, 4.69) is 0 Å². The summed E-state index contributed by atoms with van der Waals surface area (Å²) in [7, 11) is -3.41. The number of hydrogen-bond acceptors (Lipinski definition) is 3. The molecule has 0 amide bonds. The summed E-state index contributed by atoms with van der Waals surface area (Å²) in [5.74, 6) is 0.842. The fourth-order valence-electron chi connectivity index (χ4n) is 2.58. The Morgan fingerprint density at radius 3 is 2.33 bits per heavy atom. The molecule has 6 heteroatoms. The number of sulfonamides is 1. The summed E-state index contributed by atoms with van der Waals surface area (Å²) >= 11 is 5.66. The molecule has 0 atom stereocenters. The molecule has 0 radical (unpaired) electrons. The average Bonchev–Trinajstić information content (AvgIpc) is 2.53. The van der Waals surface area contributed by atoms with E-state index in [0.717, 1.165) is 31.2 Å². The highest BCUT2D eigenvalue weighted by Crippen LogP contribution is 2.23. The standard InChI is InChI=1S/C15H22ClNO3S/c16-9-1-2-13-3-5-15(6-4-13)21(19,20)17-10-7-14(12-18)8-11-17/h3-6,14,18H,1-2,7-12H2. The van der Waals surface area contributed by atoms with Gasteiger partial charge in [-0.05, 0) is 49.3 Å². The molecule has 21 heavy (non-hydrogen) atoms. The van der Waals surface area contributed by atoms with Gasteiger partial charge in [-0.25, -0.2) is 8.42 Å². The van der Waals surface area contributed by atoms with Gasteiger partial charge in [0.15, 0.2) is 0 Å². The van der Waals surface area contributed by atoms with Crippen molar-refractivity contribution in [1.82, 2.24) is 4.31 Å². The SMILES string of the molecule is O=S(=O)(c1ccc(CCCCl)cc1)N1CCC(CO)CC1. The Balaban J connectivity index is 2.05. The maximum Gasteiger partial charge on any atom is 0.243 e. The molecule has 1 aromatic rings. The lowest BCUT2D eigenvalue weighted by molar-refractivity contribution is 0.170. The molecule has 0 aliphatic carbocycles. The maximum atomic E-state index is 12.5. The van der Waals surface area contributed by atoms with E-state index in [1.54, 1.807) is 12.1 Å². The summed E-state index contributed by atoms with van der Waals surface area (Å²) < 4.78 is 26.6. The largest absolute Gasteiger partial charge is 0.396 e. The summed E-state index contributed by atoms with van der Waals surface area (Å²) in [6.07, 6.45) is 3.21. The minimum absolute atomic E-state index is 0.142. The number of piperidine rings is 1.